The third-order valence-corrected chi connectivity index (χ3v) is 3.01. The molecule has 2 bridgehead atoms. The molecule has 3 unspecified atom stereocenters. The molecule has 3 atom stereocenters. The van der Waals surface area contributed by atoms with Gasteiger partial charge in [0.1, 0.15) is 0 Å². The molecule has 0 aromatic rings. The molecule has 2 aliphatic rings. The van der Waals surface area contributed by atoms with Gasteiger partial charge in [0.05, 0.1) is 6.07 Å². The average Bonchev–Trinajstić information content (AvgIpc) is 2.46. The lowest BCUT2D eigenvalue weighted by Crippen LogP contribution is -2.32. The quantitative estimate of drug-likeness (QED) is 0.507. The first kappa shape index (κ1) is 6.18. The van der Waals surface area contributed by atoms with Gasteiger partial charge in [-0.25, -0.2) is 0 Å². The van der Waals surface area contributed by atoms with Crippen LogP contribution in [0.3, 0.4) is 0 Å². The zero-order valence-electron chi connectivity index (χ0n) is 5.88. The Morgan fingerprint density at radius 3 is 2.60 bits per heavy atom. The minimum absolute atomic E-state index is 0.294. The molecule has 2 aliphatic carbocycles. The van der Waals surface area contributed by atoms with Gasteiger partial charge in [0, 0.05) is 5.92 Å². The molecule has 2 fully saturated rings. The lowest BCUT2D eigenvalue weighted by Gasteiger charge is -2.24. The molecule has 54 valence electrons. The second-order valence-electron chi connectivity index (χ2n) is 3.62. The Hall–Kier alpha value is -0.550. The number of fused-ring (bicyclic) bond motifs is 2. The average molecular weight is 137 g/mol. The van der Waals surface area contributed by atoms with Crippen molar-refractivity contribution in [2.24, 2.45) is 11.8 Å². The number of nitriles is 1. The summed E-state index contributed by atoms with van der Waals surface area (Å²) >= 11 is 0. The van der Waals surface area contributed by atoms with Crippen molar-refractivity contribution in [1.29, 1.82) is 5.26 Å². The summed E-state index contributed by atoms with van der Waals surface area (Å²) in [6.45, 7) is 0. The number of rotatable bonds is 0. The Labute approximate surface area is 60.5 Å². The number of nitrogens with zero attached hydrogens (tertiary/aromatic N) is 1. The zero-order valence-corrected chi connectivity index (χ0v) is 5.88. The van der Waals surface area contributed by atoms with E-state index in [0.717, 1.165) is 19.3 Å². The van der Waals surface area contributed by atoms with Crippen LogP contribution < -0.4 is 0 Å². The molecule has 0 aromatic carbocycles. The summed E-state index contributed by atoms with van der Waals surface area (Å²) < 4.78 is 0. The lowest BCUT2D eigenvalue weighted by molar-refractivity contribution is 0.0417. The van der Waals surface area contributed by atoms with Crippen molar-refractivity contribution in [3.05, 3.63) is 0 Å². The Kier molecular flexibility index (Phi) is 1.07. The molecule has 0 spiro atoms. The molecule has 0 saturated heterocycles. The van der Waals surface area contributed by atoms with E-state index < -0.39 is 5.60 Å². The van der Waals surface area contributed by atoms with Gasteiger partial charge in [-0.1, -0.05) is 0 Å². The lowest BCUT2D eigenvalue weighted by atomic mass is 9.86. The summed E-state index contributed by atoms with van der Waals surface area (Å²) in [5, 5.41) is 18.3. The highest BCUT2D eigenvalue weighted by molar-refractivity contribution is 5.12. The molecule has 0 aromatic heterocycles. The predicted molar refractivity (Wildman–Crippen MR) is 36.0 cm³/mol. The van der Waals surface area contributed by atoms with Gasteiger partial charge < -0.3 is 5.11 Å². The van der Waals surface area contributed by atoms with Gasteiger partial charge in [-0.3, -0.25) is 0 Å². The molecule has 0 aliphatic heterocycles. The van der Waals surface area contributed by atoms with Crippen LogP contribution in [0.4, 0.5) is 0 Å². The molecule has 1 N–H and O–H groups in total. The smallest absolute Gasteiger partial charge is 0.154 e. The van der Waals surface area contributed by atoms with E-state index in [0.29, 0.717) is 11.8 Å². The second kappa shape index (κ2) is 1.73. The van der Waals surface area contributed by atoms with Crippen LogP contribution >= 0.6 is 0 Å². The van der Waals surface area contributed by atoms with E-state index in [1.54, 1.807) is 0 Å². The standard InChI is InChI=1S/C8H11NO/c9-5-8(10)4-6-1-2-7(8)3-6/h6-7,10H,1-4H2. The highest BCUT2D eigenvalue weighted by Gasteiger charge is 2.50. The van der Waals surface area contributed by atoms with Crippen molar-refractivity contribution >= 4 is 0 Å². The third kappa shape index (κ3) is 0.615. The summed E-state index contributed by atoms with van der Waals surface area (Å²) in [7, 11) is 0. The maximum Gasteiger partial charge on any atom is 0.154 e. The van der Waals surface area contributed by atoms with Crippen molar-refractivity contribution in [3.63, 3.8) is 0 Å². The van der Waals surface area contributed by atoms with E-state index >= 15 is 0 Å². The molecule has 2 saturated carbocycles. The van der Waals surface area contributed by atoms with E-state index in [4.69, 9.17) is 5.26 Å². The van der Waals surface area contributed by atoms with Crippen LogP contribution in [0.1, 0.15) is 25.7 Å². The SMILES string of the molecule is N#CC1(O)CC2CCC1C2. The summed E-state index contributed by atoms with van der Waals surface area (Å²) in [5.74, 6) is 0.942. The van der Waals surface area contributed by atoms with E-state index in [2.05, 4.69) is 0 Å². The van der Waals surface area contributed by atoms with Gasteiger partial charge in [-0.05, 0) is 31.6 Å². The van der Waals surface area contributed by atoms with E-state index in [-0.39, 0.29) is 0 Å². The summed E-state index contributed by atoms with van der Waals surface area (Å²) in [4.78, 5) is 0. The maximum atomic E-state index is 9.63. The molecule has 0 radical (unpaired) electrons. The third-order valence-electron chi connectivity index (χ3n) is 3.01. The van der Waals surface area contributed by atoms with Crippen molar-refractivity contribution in [1.82, 2.24) is 0 Å². The van der Waals surface area contributed by atoms with E-state index in [1.807, 2.05) is 6.07 Å². The zero-order chi connectivity index (χ0) is 7.19. The molecular weight excluding hydrogens is 126 g/mol. The molecular formula is C8H11NO. The number of aliphatic hydroxyl groups is 1. The Balaban J connectivity index is 2.24. The molecule has 2 nitrogen and oxygen atoms in total. The Bertz CT molecular complexity index is 196. The highest BCUT2D eigenvalue weighted by atomic mass is 16.3. The van der Waals surface area contributed by atoms with Crippen molar-refractivity contribution in [3.8, 4) is 6.07 Å². The summed E-state index contributed by atoms with van der Waals surface area (Å²) in [6, 6.07) is 2.03. The minimum Gasteiger partial charge on any atom is -0.375 e. The van der Waals surface area contributed by atoms with Crippen molar-refractivity contribution in [2.45, 2.75) is 31.3 Å². The highest BCUT2D eigenvalue weighted by Crippen LogP contribution is 2.50. The van der Waals surface area contributed by atoms with Crippen LogP contribution in [0, 0.1) is 23.2 Å². The molecule has 0 amide bonds. The fourth-order valence-electron chi connectivity index (χ4n) is 2.44. The first-order valence-corrected chi connectivity index (χ1v) is 3.88. The molecule has 2 heteroatoms. The van der Waals surface area contributed by atoms with Gasteiger partial charge in [0.2, 0.25) is 0 Å². The van der Waals surface area contributed by atoms with Gasteiger partial charge in [-0.15, -0.1) is 0 Å². The molecule has 0 heterocycles. The van der Waals surface area contributed by atoms with Gasteiger partial charge >= 0.3 is 0 Å². The maximum absolute atomic E-state index is 9.63. The van der Waals surface area contributed by atoms with Gasteiger partial charge in [-0.2, -0.15) is 5.26 Å². The van der Waals surface area contributed by atoms with Crippen molar-refractivity contribution < 1.29 is 5.11 Å². The number of hydrogen-bond acceptors (Lipinski definition) is 2. The summed E-state index contributed by atoms with van der Waals surface area (Å²) in [6.07, 6.45) is 4.11. The molecule has 10 heavy (non-hydrogen) atoms. The van der Waals surface area contributed by atoms with Crippen LogP contribution in [-0.4, -0.2) is 10.7 Å². The fourth-order valence-corrected chi connectivity index (χ4v) is 2.44. The summed E-state index contributed by atoms with van der Waals surface area (Å²) in [5.41, 5.74) is -0.942. The normalized spacial score (nSPS) is 51.2. The van der Waals surface area contributed by atoms with Gasteiger partial charge in [0.25, 0.3) is 0 Å². The monoisotopic (exact) mass is 137 g/mol. The minimum atomic E-state index is -0.942. The first-order chi connectivity index (χ1) is 4.74. The topological polar surface area (TPSA) is 44.0 Å². The largest absolute Gasteiger partial charge is 0.375 e. The van der Waals surface area contributed by atoms with E-state index in [1.165, 1.54) is 6.42 Å². The second-order valence-corrected chi connectivity index (χ2v) is 3.62. The van der Waals surface area contributed by atoms with Crippen LogP contribution in [0.15, 0.2) is 0 Å². The Morgan fingerprint density at radius 2 is 2.30 bits per heavy atom. The van der Waals surface area contributed by atoms with Crippen LogP contribution in [0.5, 0.6) is 0 Å². The fraction of sp³-hybridized carbons (Fsp3) is 0.875. The number of hydrogen-bond donors (Lipinski definition) is 1. The van der Waals surface area contributed by atoms with Gasteiger partial charge in [0.15, 0.2) is 5.60 Å². The molecule has 2 rings (SSSR count). The predicted octanol–water partition coefficient (Wildman–Crippen LogP) is 1.06. The first-order valence-electron chi connectivity index (χ1n) is 3.88. The Morgan fingerprint density at radius 1 is 1.50 bits per heavy atom. The van der Waals surface area contributed by atoms with Crippen LogP contribution in [-0.2, 0) is 0 Å². The van der Waals surface area contributed by atoms with Crippen molar-refractivity contribution in [2.75, 3.05) is 0 Å². The van der Waals surface area contributed by atoms with Crippen LogP contribution in [0.2, 0.25) is 0 Å². The van der Waals surface area contributed by atoms with Crippen LogP contribution in [0.25, 0.3) is 0 Å². The van der Waals surface area contributed by atoms with E-state index in [9.17, 15) is 5.11 Å².